The normalized spacial score (nSPS) is 11.2. The van der Waals surface area contributed by atoms with Gasteiger partial charge in [0.05, 0.1) is 16.9 Å². The lowest BCUT2D eigenvalue weighted by Crippen LogP contribution is -2.03. The summed E-state index contributed by atoms with van der Waals surface area (Å²) in [6.45, 7) is 8.56. The average molecular weight is 405 g/mol. The number of nitrogens with zero attached hydrogens (tertiary/aromatic N) is 4. The van der Waals surface area contributed by atoms with Gasteiger partial charge in [-0.15, -0.1) is 0 Å². The first kappa shape index (κ1) is 19.2. The third-order valence-electron chi connectivity index (χ3n) is 5.80. The number of hydrogen-bond donors (Lipinski definition) is 0. The maximum atomic E-state index is 4.75. The number of imidazole rings is 1. The van der Waals surface area contributed by atoms with E-state index in [4.69, 9.17) is 9.97 Å². The van der Waals surface area contributed by atoms with Gasteiger partial charge in [-0.1, -0.05) is 54.1 Å². The molecule has 2 heterocycles. The molecule has 0 saturated carbocycles. The van der Waals surface area contributed by atoms with Gasteiger partial charge in [-0.05, 0) is 50.5 Å². The van der Waals surface area contributed by atoms with Crippen molar-refractivity contribution >= 4 is 10.9 Å². The Labute approximate surface area is 182 Å². The van der Waals surface area contributed by atoms with E-state index in [1.54, 1.807) is 6.33 Å². The summed E-state index contributed by atoms with van der Waals surface area (Å²) in [7, 11) is 0. The second kappa shape index (κ2) is 7.47. The van der Waals surface area contributed by atoms with Crippen LogP contribution in [0, 0.1) is 27.7 Å². The van der Waals surface area contributed by atoms with Crippen LogP contribution in [0.15, 0.2) is 73.3 Å². The molecule has 0 atom stereocenters. The number of aryl methyl sites for hydroxylation is 4. The standard InChI is InChI=1S/C27H24N4/c1-17-14-19(3)26(20(4)15-17)31-13-12-28-27(31)22-11-10-18(2)23-24(29-16-30-25(22)23)21-8-6-5-7-9-21/h5-16H,1-4H3. The molecular weight excluding hydrogens is 380 g/mol. The fourth-order valence-corrected chi connectivity index (χ4v) is 4.56. The van der Waals surface area contributed by atoms with E-state index < -0.39 is 0 Å². The van der Waals surface area contributed by atoms with Crippen molar-refractivity contribution in [3.8, 4) is 28.3 Å². The Morgan fingerprint density at radius 2 is 1.48 bits per heavy atom. The Balaban J connectivity index is 1.78. The summed E-state index contributed by atoms with van der Waals surface area (Å²) >= 11 is 0. The molecule has 0 aliphatic heterocycles. The molecule has 3 aromatic carbocycles. The van der Waals surface area contributed by atoms with Crippen LogP contribution in [-0.2, 0) is 0 Å². The van der Waals surface area contributed by atoms with Crippen LogP contribution >= 0.6 is 0 Å². The Morgan fingerprint density at radius 3 is 2.23 bits per heavy atom. The summed E-state index contributed by atoms with van der Waals surface area (Å²) in [6.07, 6.45) is 5.55. The van der Waals surface area contributed by atoms with Crippen molar-refractivity contribution in [3.63, 3.8) is 0 Å². The minimum atomic E-state index is 0.887. The molecule has 0 spiro atoms. The van der Waals surface area contributed by atoms with Gasteiger partial charge in [0.2, 0.25) is 0 Å². The molecule has 152 valence electrons. The molecule has 0 fully saturated rings. The minimum absolute atomic E-state index is 0.887. The smallest absolute Gasteiger partial charge is 0.146 e. The molecule has 0 aliphatic rings. The number of hydrogen-bond acceptors (Lipinski definition) is 3. The highest BCUT2D eigenvalue weighted by Crippen LogP contribution is 2.35. The number of fused-ring (bicyclic) bond motifs is 1. The SMILES string of the molecule is Cc1cc(C)c(-n2ccnc2-c2ccc(C)c3c(-c4ccccc4)ncnc23)c(C)c1. The number of aromatic nitrogens is 4. The Kier molecular flexibility index (Phi) is 4.63. The Hall–Kier alpha value is -3.79. The van der Waals surface area contributed by atoms with E-state index in [0.717, 1.165) is 39.1 Å². The molecule has 4 heteroatoms. The minimum Gasteiger partial charge on any atom is -0.299 e. The van der Waals surface area contributed by atoms with E-state index >= 15 is 0 Å². The van der Waals surface area contributed by atoms with E-state index in [1.165, 1.54) is 22.4 Å². The molecule has 0 saturated heterocycles. The van der Waals surface area contributed by atoms with E-state index in [9.17, 15) is 0 Å². The first-order chi connectivity index (χ1) is 15.0. The molecule has 5 aromatic rings. The molecule has 5 rings (SSSR count). The van der Waals surface area contributed by atoms with Gasteiger partial charge < -0.3 is 0 Å². The number of benzene rings is 3. The van der Waals surface area contributed by atoms with Gasteiger partial charge in [0.15, 0.2) is 0 Å². The second-order valence-corrected chi connectivity index (χ2v) is 8.11. The fourth-order valence-electron chi connectivity index (χ4n) is 4.56. The molecule has 0 bridgehead atoms. The third kappa shape index (κ3) is 3.21. The van der Waals surface area contributed by atoms with Crippen LogP contribution in [0.5, 0.6) is 0 Å². The van der Waals surface area contributed by atoms with Gasteiger partial charge in [0.1, 0.15) is 12.2 Å². The lowest BCUT2D eigenvalue weighted by Gasteiger charge is -2.17. The Bertz CT molecular complexity index is 1390. The van der Waals surface area contributed by atoms with Crippen molar-refractivity contribution in [1.29, 1.82) is 0 Å². The van der Waals surface area contributed by atoms with E-state index in [2.05, 4.69) is 73.6 Å². The summed E-state index contributed by atoms with van der Waals surface area (Å²) < 4.78 is 2.18. The molecule has 0 amide bonds. The molecule has 2 aromatic heterocycles. The fraction of sp³-hybridized carbons (Fsp3) is 0.148. The van der Waals surface area contributed by atoms with E-state index in [1.807, 2.05) is 30.6 Å². The van der Waals surface area contributed by atoms with Crippen LogP contribution in [0.1, 0.15) is 22.3 Å². The van der Waals surface area contributed by atoms with Crippen molar-refractivity contribution < 1.29 is 0 Å². The van der Waals surface area contributed by atoms with Crippen LogP contribution in [-0.4, -0.2) is 19.5 Å². The summed E-state index contributed by atoms with van der Waals surface area (Å²) in [5.74, 6) is 0.887. The lowest BCUT2D eigenvalue weighted by molar-refractivity contribution is 1.03. The summed E-state index contributed by atoms with van der Waals surface area (Å²) in [5, 5.41) is 1.07. The third-order valence-corrected chi connectivity index (χ3v) is 5.80. The number of rotatable bonds is 3. The lowest BCUT2D eigenvalue weighted by atomic mass is 9.99. The predicted octanol–water partition coefficient (Wildman–Crippen LogP) is 6.38. The van der Waals surface area contributed by atoms with Gasteiger partial charge >= 0.3 is 0 Å². The maximum absolute atomic E-state index is 4.75. The molecule has 0 N–H and O–H groups in total. The van der Waals surface area contributed by atoms with Gasteiger partial charge in [-0.25, -0.2) is 15.0 Å². The van der Waals surface area contributed by atoms with Crippen LogP contribution in [0.2, 0.25) is 0 Å². The van der Waals surface area contributed by atoms with Gasteiger partial charge in [-0.2, -0.15) is 0 Å². The molecule has 4 nitrogen and oxygen atoms in total. The van der Waals surface area contributed by atoms with Crippen molar-refractivity contribution in [2.75, 3.05) is 0 Å². The average Bonchev–Trinajstić information content (AvgIpc) is 3.22. The summed E-state index contributed by atoms with van der Waals surface area (Å²) in [5.41, 5.74) is 10.0. The predicted molar refractivity (Wildman–Crippen MR) is 126 cm³/mol. The molecule has 0 radical (unpaired) electrons. The van der Waals surface area contributed by atoms with E-state index in [-0.39, 0.29) is 0 Å². The highest BCUT2D eigenvalue weighted by Gasteiger charge is 2.18. The van der Waals surface area contributed by atoms with Crippen LogP contribution in [0.4, 0.5) is 0 Å². The first-order valence-corrected chi connectivity index (χ1v) is 10.5. The zero-order valence-electron chi connectivity index (χ0n) is 18.2. The highest BCUT2D eigenvalue weighted by atomic mass is 15.1. The van der Waals surface area contributed by atoms with Gasteiger partial charge in [-0.3, -0.25) is 4.57 Å². The Morgan fingerprint density at radius 1 is 0.742 bits per heavy atom. The monoisotopic (exact) mass is 404 g/mol. The van der Waals surface area contributed by atoms with Gasteiger partial charge in [0, 0.05) is 28.9 Å². The summed E-state index contributed by atoms with van der Waals surface area (Å²) in [6, 6.07) is 19.0. The van der Waals surface area contributed by atoms with Crippen LogP contribution in [0.3, 0.4) is 0 Å². The van der Waals surface area contributed by atoms with Crippen molar-refractivity contribution in [1.82, 2.24) is 19.5 Å². The zero-order chi connectivity index (χ0) is 21.5. The molecule has 0 unspecified atom stereocenters. The van der Waals surface area contributed by atoms with Gasteiger partial charge in [0.25, 0.3) is 0 Å². The quantitative estimate of drug-likeness (QED) is 0.350. The van der Waals surface area contributed by atoms with Crippen molar-refractivity contribution in [2.45, 2.75) is 27.7 Å². The van der Waals surface area contributed by atoms with Crippen molar-refractivity contribution in [2.24, 2.45) is 0 Å². The largest absolute Gasteiger partial charge is 0.299 e. The first-order valence-electron chi connectivity index (χ1n) is 10.5. The van der Waals surface area contributed by atoms with Crippen LogP contribution in [0.25, 0.3) is 39.2 Å². The van der Waals surface area contributed by atoms with Crippen molar-refractivity contribution in [3.05, 3.63) is 95.6 Å². The van der Waals surface area contributed by atoms with Crippen LogP contribution < -0.4 is 0 Å². The zero-order valence-corrected chi connectivity index (χ0v) is 18.2. The van der Waals surface area contributed by atoms with E-state index in [0.29, 0.717) is 0 Å². The topological polar surface area (TPSA) is 43.6 Å². The summed E-state index contributed by atoms with van der Waals surface area (Å²) in [4.78, 5) is 14.1. The molecular formula is C27H24N4. The highest BCUT2D eigenvalue weighted by molar-refractivity contribution is 6.01. The second-order valence-electron chi connectivity index (χ2n) is 8.11. The molecule has 0 aliphatic carbocycles. The molecule has 31 heavy (non-hydrogen) atoms. The maximum Gasteiger partial charge on any atom is 0.146 e.